The van der Waals surface area contributed by atoms with Crippen LogP contribution in [-0.4, -0.2) is 18.3 Å². The van der Waals surface area contributed by atoms with Crippen molar-refractivity contribution in [2.45, 2.75) is 50.4 Å². The number of benzene rings is 1. The van der Waals surface area contributed by atoms with Crippen LogP contribution in [0, 0.1) is 16.7 Å². The van der Waals surface area contributed by atoms with Crippen molar-refractivity contribution in [1.82, 2.24) is 0 Å². The molecule has 0 saturated carbocycles. The van der Waals surface area contributed by atoms with E-state index in [0.717, 1.165) is 37.9 Å². The Morgan fingerprint density at radius 1 is 1.32 bits per heavy atom. The standard InChI is InChI=1S/C16H17NO2/c17-10-16(8-12-5-6-15(16)19-12)9-13-7-11-3-1-2-4-14(11)18-13/h1-4,12-13,15H,5-9H2. The van der Waals surface area contributed by atoms with Crippen molar-refractivity contribution in [2.75, 3.05) is 0 Å². The van der Waals surface area contributed by atoms with Crippen LogP contribution in [0.3, 0.4) is 0 Å². The smallest absolute Gasteiger partial charge is 0.123 e. The predicted molar refractivity (Wildman–Crippen MR) is 69.7 cm³/mol. The van der Waals surface area contributed by atoms with E-state index in [1.54, 1.807) is 0 Å². The third-order valence-electron chi connectivity index (χ3n) is 4.84. The summed E-state index contributed by atoms with van der Waals surface area (Å²) in [7, 11) is 0. The summed E-state index contributed by atoms with van der Waals surface area (Å²) < 4.78 is 11.9. The van der Waals surface area contributed by atoms with Gasteiger partial charge < -0.3 is 9.47 Å². The molecule has 3 heterocycles. The van der Waals surface area contributed by atoms with Gasteiger partial charge in [0.05, 0.1) is 23.7 Å². The molecule has 0 N–H and O–H groups in total. The molecule has 0 spiro atoms. The largest absolute Gasteiger partial charge is 0.490 e. The fraction of sp³-hybridized carbons (Fsp3) is 0.562. The lowest BCUT2D eigenvalue weighted by molar-refractivity contribution is 0.0616. The first-order chi connectivity index (χ1) is 9.29. The van der Waals surface area contributed by atoms with Crippen molar-refractivity contribution >= 4 is 0 Å². The van der Waals surface area contributed by atoms with Gasteiger partial charge in [0.1, 0.15) is 11.9 Å². The molecule has 3 nitrogen and oxygen atoms in total. The number of rotatable bonds is 2. The minimum Gasteiger partial charge on any atom is -0.490 e. The molecule has 98 valence electrons. The van der Waals surface area contributed by atoms with Crippen molar-refractivity contribution < 1.29 is 9.47 Å². The van der Waals surface area contributed by atoms with Crippen molar-refractivity contribution in [3.63, 3.8) is 0 Å². The molecule has 4 unspecified atom stereocenters. The van der Waals surface area contributed by atoms with Crippen LogP contribution in [0.25, 0.3) is 0 Å². The molecular formula is C16H17NO2. The number of hydrogen-bond acceptors (Lipinski definition) is 3. The fourth-order valence-corrected chi connectivity index (χ4v) is 3.95. The van der Waals surface area contributed by atoms with Gasteiger partial charge in [-0.3, -0.25) is 0 Å². The SMILES string of the molecule is N#CC1(CC2Cc3ccccc3O2)CC2CCC1O2. The summed E-state index contributed by atoms with van der Waals surface area (Å²) in [5, 5.41) is 9.63. The van der Waals surface area contributed by atoms with Gasteiger partial charge in [-0.25, -0.2) is 0 Å². The van der Waals surface area contributed by atoms with Crippen LogP contribution in [0.1, 0.15) is 31.2 Å². The minimum atomic E-state index is -0.310. The Morgan fingerprint density at radius 3 is 2.89 bits per heavy atom. The Hall–Kier alpha value is -1.53. The van der Waals surface area contributed by atoms with E-state index < -0.39 is 0 Å². The number of hydrogen-bond donors (Lipinski definition) is 0. The summed E-state index contributed by atoms with van der Waals surface area (Å²) in [6.07, 6.45) is 5.38. The maximum absolute atomic E-state index is 9.63. The number of para-hydroxylation sites is 1. The van der Waals surface area contributed by atoms with Crippen molar-refractivity contribution in [3.05, 3.63) is 29.8 Å². The molecule has 19 heavy (non-hydrogen) atoms. The molecule has 1 aromatic rings. The van der Waals surface area contributed by atoms with Crippen LogP contribution in [0.5, 0.6) is 5.75 Å². The zero-order valence-electron chi connectivity index (χ0n) is 10.8. The highest BCUT2D eigenvalue weighted by Crippen LogP contribution is 2.51. The molecule has 0 aliphatic carbocycles. The van der Waals surface area contributed by atoms with Gasteiger partial charge in [-0.1, -0.05) is 18.2 Å². The van der Waals surface area contributed by atoms with Crippen LogP contribution < -0.4 is 4.74 Å². The Balaban J connectivity index is 1.53. The van der Waals surface area contributed by atoms with E-state index in [-0.39, 0.29) is 17.6 Å². The average molecular weight is 255 g/mol. The van der Waals surface area contributed by atoms with E-state index in [2.05, 4.69) is 12.1 Å². The number of nitrogens with zero attached hydrogens (tertiary/aromatic N) is 1. The van der Waals surface area contributed by atoms with Gasteiger partial charge in [0.25, 0.3) is 0 Å². The Labute approximate surface area is 113 Å². The maximum Gasteiger partial charge on any atom is 0.123 e. The van der Waals surface area contributed by atoms with Crippen LogP contribution in [0.4, 0.5) is 0 Å². The van der Waals surface area contributed by atoms with Gasteiger partial charge >= 0.3 is 0 Å². The van der Waals surface area contributed by atoms with Crippen molar-refractivity contribution in [2.24, 2.45) is 5.41 Å². The molecule has 3 heteroatoms. The summed E-state index contributed by atoms with van der Waals surface area (Å²) in [5.41, 5.74) is 0.958. The first kappa shape index (κ1) is 11.3. The highest BCUT2D eigenvalue weighted by Gasteiger charge is 2.54. The lowest BCUT2D eigenvalue weighted by Crippen LogP contribution is -2.36. The first-order valence-corrected chi connectivity index (χ1v) is 7.10. The highest BCUT2D eigenvalue weighted by molar-refractivity contribution is 5.37. The predicted octanol–water partition coefficient (Wildman–Crippen LogP) is 2.84. The molecule has 0 aromatic heterocycles. The molecule has 0 radical (unpaired) electrons. The van der Waals surface area contributed by atoms with Gasteiger partial charge in [-0.15, -0.1) is 0 Å². The van der Waals surface area contributed by atoms with Gasteiger partial charge in [0.15, 0.2) is 0 Å². The van der Waals surface area contributed by atoms with E-state index in [1.807, 2.05) is 18.2 Å². The zero-order chi connectivity index (χ0) is 12.9. The monoisotopic (exact) mass is 255 g/mol. The van der Waals surface area contributed by atoms with Crippen LogP contribution in [0.2, 0.25) is 0 Å². The highest BCUT2D eigenvalue weighted by atomic mass is 16.5. The lowest BCUT2D eigenvalue weighted by atomic mass is 9.71. The molecule has 3 aliphatic heterocycles. The summed E-state index contributed by atoms with van der Waals surface area (Å²) in [6.45, 7) is 0. The van der Waals surface area contributed by atoms with Gasteiger partial charge in [0.2, 0.25) is 0 Å². The van der Waals surface area contributed by atoms with Gasteiger partial charge in [0, 0.05) is 12.8 Å². The molecule has 3 aliphatic rings. The summed E-state index contributed by atoms with van der Waals surface area (Å²) in [6, 6.07) is 10.7. The van der Waals surface area contributed by atoms with E-state index in [9.17, 15) is 5.26 Å². The van der Waals surface area contributed by atoms with Crippen LogP contribution >= 0.6 is 0 Å². The molecule has 4 atom stereocenters. The number of fused-ring (bicyclic) bond motifs is 3. The normalized spacial score (nSPS) is 38.8. The Kier molecular flexibility index (Phi) is 2.37. The van der Waals surface area contributed by atoms with Crippen molar-refractivity contribution in [3.8, 4) is 11.8 Å². The molecule has 2 fully saturated rings. The second-order valence-electron chi connectivity index (χ2n) is 6.05. The summed E-state index contributed by atoms with van der Waals surface area (Å²) >= 11 is 0. The van der Waals surface area contributed by atoms with Gasteiger partial charge in [-0.2, -0.15) is 5.26 Å². The quantitative estimate of drug-likeness (QED) is 0.816. The first-order valence-electron chi connectivity index (χ1n) is 7.10. The van der Waals surface area contributed by atoms with Crippen LogP contribution in [0.15, 0.2) is 24.3 Å². The van der Waals surface area contributed by atoms with Gasteiger partial charge in [-0.05, 0) is 30.9 Å². The Morgan fingerprint density at radius 2 is 2.21 bits per heavy atom. The van der Waals surface area contributed by atoms with E-state index >= 15 is 0 Å². The fourth-order valence-electron chi connectivity index (χ4n) is 3.95. The average Bonchev–Trinajstić information content (AvgIpc) is 3.11. The van der Waals surface area contributed by atoms with E-state index in [1.165, 1.54) is 5.56 Å². The van der Waals surface area contributed by atoms with E-state index in [0.29, 0.717) is 6.10 Å². The second-order valence-corrected chi connectivity index (χ2v) is 6.05. The minimum absolute atomic E-state index is 0.134. The Bertz CT molecular complexity index is 525. The second kappa shape index (κ2) is 3.98. The summed E-state index contributed by atoms with van der Waals surface area (Å²) in [5.74, 6) is 0.990. The molecular weight excluding hydrogens is 238 g/mol. The zero-order valence-corrected chi connectivity index (χ0v) is 10.8. The topological polar surface area (TPSA) is 42.2 Å². The molecule has 1 aromatic carbocycles. The lowest BCUT2D eigenvalue weighted by Gasteiger charge is -2.30. The number of nitriles is 1. The molecule has 2 bridgehead atoms. The summed E-state index contributed by atoms with van der Waals surface area (Å²) in [4.78, 5) is 0. The molecule has 0 amide bonds. The third-order valence-corrected chi connectivity index (χ3v) is 4.84. The molecule has 4 rings (SSSR count). The third kappa shape index (κ3) is 1.67. The molecule has 2 saturated heterocycles. The van der Waals surface area contributed by atoms with E-state index in [4.69, 9.17) is 9.47 Å². The maximum atomic E-state index is 9.63. The number of ether oxygens (including phenoxy) is 2. The van der Waals surface area contributed by atoms with Crippen LogP contribution in [-0.2, 0) is 11.2 Å². The van der Waals surface area contributed by atoms with Crippen molar-refractivity contribution in [1.29, 1.82) is 5.26 Å².